The Morgan fingerprint density at radius 1 is 1.07 bits per heavy atom. The Kier molecular flexibility index (Phi) is 6.91. The van der Waals surface area contributed by atoms with Crippen LogP contribution in [0.2, 0.25) is 0 Å². The van der Waals surface area contributed by atoms with E-state index in [4.69, 9.17) is 0 Å². The van der Waals surface area contributed by atoms with Crippen molar-refractivity contribution in [1.29, 1.82) is 0 Å². The van der Waals surface area contributed by atoms with Crippen molar-refractivity contribution in [3.05, 3.63) is 47.2 Å². The van der Waals surface area contributed by atoms with Gasteiger partial charge in [0, 0.05) is 30.8 Å². The number of aliphatic carboxylic acids is 1. The summed E-state index contributed by atoms with van der Waals surface area (Å²) in [6.07, 6.45) is 0.686. The largest absolute Gasteiger partial charge is 0.477 e. The summed E-state index contributed by atoms with van der Waals surface area (Å²) < 4.78 is 31.8. The molecule has 0 spiro atoms. The number of aliphatic hydroxyl groups is 2. The molecule has 6 aliphatic heterocycles. The van der Waals surface area contributed by atoms with Gasteiger partial charge in [0.1, 0.15) is 45.0 Å². The Morgan fingerprint density at radius 2 is 1.73 bits per heavy atom. The lowest BCUT2D eigenvalue weighted by molar-refractivity contribution is -1.08. The van der Waals surface area contributed by atoms with Crippen LogP contribution >= 0.6 is 0 Å². The fourth-order valence-corrected chi connectivity index (χ4v) is 10.5. The number of β-lactam (4-membered cyclic amide) rings is 1. The van der Waals surface area contributed by atoms with Gasteiger partial charge in [-0.2, -0.15) is 0 Å². The first-order valence-electron chi connectivity index (χ1n) is 15.8. The number of quaternary nitrogens is 2. The minimum Gasteiger partial charge on any atom is -0.477 e. The summed E-state index contributed by atoms with van der Waals surface area (Å²) in [6.45, 7) is 12.1. The highest BCUT2D eigenvalue weighted by atomic mass is 32.2. The standard InChI is InChI=1S/C32H41N4O7S/c1-20-24(30(32(40)41)34-29(20)27(21(2)38)31(34)39)19-33-25-6-3-5-23-17-22(18-26(28(23)25)44(33,42)43)7-9-36-13-10-35(11-14-36,12-15-36)8-4-16-37/h3,5-6,17-18,20-21,27,29,37-38H,4,7-16,19H2,1-2H3/q+1/p+1/t20-,21+,27+,29+,35?,36?/m0/s1. The minimum atomic E-state index is -3.99. The second-order valence-electron chi connectivity index (χ2n) is 13.7. The second kappa shape index (κ2) is 10.2. The number of rotatable bonds is 10. The molecule has 0 aliphatic carbocycles. The Bertz CT molecular complexity index is 1680. The molecule has 1 amide bonds. The number of hydrogen-bond donors (Lipinski definition) is 3. The van der Waals surface area contributed by atoms with Crippen molar-refractivity contribution < 1.29 is 42.3 Å². The topological polar surface area (TPSA) is 135 Å². The maximum Gasteiger partial charge on any atom is 0.352 e. The monoisotopic (exact) mass is 626 g/mol. The highest BCUT2D eigenvalue weighted by molar-refractivity contribution is 7.93. The molecule has 6 aliphatic rings. The van der Waals surface area contributed by atoms with Crippen LogP contribution in [0, 0.1) is 11.8 Å². The molecule has 0 radical (unpaired) electrons. The van der Waals surface area contributed by atoms with Gasteiger partial charge in [0.15, 0.2) is 0 Å². The number of benzene rings is 2. The van der Waals surface area contributed by atoms with Crippen LogP contribution in [0.4, 0.5) is 5.69 Å². The Hall–Kier alpha value is -3.03. The van der Waals surface area contributed by atoms with Gasteiger partial charge in [-0.25, -0.2) is 13.2 Å². The molecule has 0 unspecified atom stereocenters. The average Bonchev–Trinajstić information content (AvgIpc) is 3.37. The van der Waals surface area contributed by atoms with E-state index in [2.05, 4.69) is 6.07 Å². The molecule has 4 saturated heterocycles. The van der Waals surface area contributed by atoms with Gasteiger partial charge in [0.2, 0.25) is 5.91 Å². The van der Waals surface area contributed by atoms with E-state index < -0.39 is 45.9 Å². The number of aliphatic hydroxyl groups excluding tert-OH is 2. The van der Waals surface area contributed by atoms with E-state index in [0.29, 0.717) is 16.6 Å². The van der Waals surface area contributed by atoms with Gasteiger partial charge in [-0.05, 0) is 35.6 Å². The number of sulfonamides is 1. The van der Waals surface area contributed by atoms with Crippen LogP contribution in [0.3, 0.4) is 0 Å². The third-order valence-electron chi connectivity index (χ3n) is 11.5. The van der Waals surface area contributed by atoms with E-state index in [1.807, 2.05) is 19.1 Å². The first-order chi connectivity index (χ1) is 20.9. The maximum atomic E-state index is 14.2. The van der Waals surface area contributed by atoms with Crippen molar-refractivity contribution in [2.45, 2.75) is 43.7 Å². The predicted octanol–water partition coefficient (Wildman–Crippen LogP) is 1.13. The van der Waals surface area contributed by atoms with Crippen molar-refractivity contribution in [3.63, 3.8) is 0 Å². The van der Waals surface area contributed by atoms with Crippen LogP contribution in [0.15, 0.2) is 46.5 Å². The lowest BCUT2D eigenvalue weighted by Crippen LogP contribution is -2.75. The number of carbonyl (C=O) groups excluding carboxylic acids is 1. The molecule has 0 saturated carbocycles. The second-order valence-corrected chi connectivity index (χ2v) is 15.5. The molecule has 2 aromatic carbocycles. The van der Waals surface area contributed by atoms with E-state index in [-0.39, 0.29) is 23.7 Å². The van der Waals surface area contributed by atoms with E-state index >= 15 is 0 Å². The summed E-state index contributed by atoms with van der Waals surface area (Å²) in [6, 6.07) is 8.92. The van der Waals surface area contributed by atoms with Crippen LogP contribution in [-0.2, 0) is 26.0 Å². The van der Waals surface area contributed by atoms with Gasteiger partial charge < -0.3 is 29.2 Å². The smallest absolute Gasteiger partial charge is 0.352 e. The molecule has 4 fully saturated rings. The Labute approximate surface area is 257 Å². The van der Waals surface area contributed by atoms with Crippen LogP contribution < -0.4 is 4.31 Å². The molecule has 2 bridgehead atoms. The van der Waals surface area contributed by atoms with Gasteiger partial charge >= 0.3 is 5.97 Å². The molecule has 0 aromatic heterocycles. The molecular weight excluding hydrogens is 584 g/mol. The fraction of sp³-hybridized carbons (Fsp3) is 0.562. The number of hydrogen-bond acceptors (Lipinski definition) is 6. The number of anilines is 1. The molecular formula is C32H42N4O7S+2. The van der Waals surface area contributed by atoms with Gasteiger partial charge in [0.25, 0.3) is 10.0 Å². The van der Waals surface area contributed by atoms with Crippen LogP contribution in [0.1, 0.15) is 25.8 Å². The van der Waals surface area contributed by atoms with Crippen molar-refractivity contribution in [1.82, 2.24) is 4.90 Å². The number of carboxylic acids is 1. The summed E-state index contributed by atoms with van der Waals surface area (Å²) in [5.41, 5.74) is 1.72. The molecule has 8 rings (SSSR count). The summed E-state index contributed by atoms with van der Waals surface area (Å²) in [7, 11) is -3.99. The molecule has 12 heteroatoms. The third kappa shape index (κ3) is 4.25. The lowest BCUT2D eigenvalue weighted by atomic mass is 9.78. The molecule has 2 aromatic rings. The molecule has 4 atom stereocenters. The maximum absolute atomic E-state index is 14.2. The minimum absolute atomic E-state index is 0.167. The number of fused-ring (bicyclic) bond motifs is 4. The summed E-state index contributed by atoms with van der Waals surface area (Å²) >= 11 is 0. The number of piperazine rings is 3. The zero-order valence-electron chi connectivity index (χ0n) is 25.4. The third-order valence-corrected chi connectivity index (χ3v) is 13.2. The molecule has 3 N–H and O–H groups in total. The van der Waals surface area contributed by atoms with Crippen LogP contribution in [0.25, 0.3) is 10.8 Å². The SMILES string of the molecule is C[C@@H](O)[C@H]1C(=O)N2C(C(=O)O)=C(CN3c4cccc5cc(CC[N+]67CC[N+](CCCO)(CC6)CC7)cc(c45)S3(=O)=O)[C@H](C)[C@H]12. The Morgan fingerprint density at radius 3 is 2.34 bits per heavy atom. The zero-order valence-corrected chi connectivity index (χ0v) is 26.2. The summed E-state index contributed by atoms with van der Waals surface area (Å²) in [5, 5.41) is 31.1. The van der Waals surface area contributed by atoms with Gasteiger partial charge in [-0.3, -0.25) is 9.10 Å². The fourth-order valence-electron chi connectivity index (χ4n) is 8.80. The highest BCUT2D eigenvalue weighted by Gasteiger charge is 2.60. The molecule has 44 heavy (non-hydrogen) atoms. The van der Waals surface area contributed by atoms with E-state index in [1.54, 1.807) is 12.1 Å². The van der Waals surface area contributed by atoms with Gasteiger partial charge in [-0.15, -0.1) is 0 Å². The summed E-state index contributed by atoms with van der Waals surface area (Å²) in [5.74, 6) is -2.84. The van der Waals surface area contributed by atoms with Crippen LogP contribution in [0.5, 0.6) is 0 Å². The van der Waals surface area contributed by atoms with Crippen LogP contribution in [-0.4, -0.2) is 127 Å². The predicted molar refractivity (Wildman–Crippen MR) is 163 cm³/mol. The lowest BCUT2D eigenvalue weighted by Gasteiger charge is -2.55. The quantitative estimate of drug-likeness (QED) is 0.266. The number of carboxylic acid groups (broad SMARTS) is 1. The van der Waals surface area contributed by atoms with Crippen molar-refractivity contribution >= 4 is 38.4 Å². The molecule has 236 valence electrons. The first-order valence-corrected chi connectivity index (χ1v) is 17.2. The normalized spacial score (nSPS) is 32.4. The van der Waals surface area contributed by atoms with Gasteiger partial charge in [0.05, 0.1) is 48.3 Å². The highest BCUT2D eigenvalue weighted by Crippen LogP contribution is 2.49. The zero-order chi connectivity index (χ0) is 31.2. The number of carbonyl (C=O) groups is 2. The van der Waals surface area contributed by atoms with Crippen molar-refractivity contribution in [2.75, 3.05) is 69.8 Å². The van der Waals surface area contributed by atoms with Crippen molar-refractivity contribution in [2.24, 2.45) is 11.8 Å². The van der Waals surface area contributed by atoms with E-state index in [0.717, 1.165) is 85.1 Å². The average molecular weight is 627 g/mol. The molecule has 11 nitrogen and oxygen atoms in total. The Balaban J connectivity index is 1.16. The van der Waals surface area contributed by atoms with E-state index in [9.17, 15) is 33.3 Å². The first kappa shape index (κ1) is 29.7. The summed E-state index contributed by atoms with van der Waals surface area (Å²) in [4.78, 5) is 26.7. The van der Waals surface area contributed by atoms with Gasteiger partial charge in [-0.1, -0.05) is 25.1 Å². The number of amides is 1. The molecule has 6 heterocycles. The van der Waals surface area contributed by atoms with E-state index in [1.165, 1.54) is 16.1 Å². The van der Waals surface area contributed by atoms with Crippen molar-refractivity contribution in [3.8, 4) is 0 Å². The number of nitrogens with zero attached hydrogens (tertiary/aromatic N) is 4.